The van der Waals surface area contributed by atoms with Crippen LogP contribution in [0, 0.1) is 6.92 Å². The van der Waals surface area contributed by atoms with Crippen molar-refractivity contribution in [1.29, 1.82) is 0 Å². The van der Waals surface area contributed by atoms with E-state index in [9.17, 15) is 0 Å². The second kappa shape index (κ2) is 3.96. The molecule has 2 heterocycles. The molecule has 0 aliphatic rings. The summed E-state index contributed by atoms with van der Waals surface area (Å²) in [5.74, 6) is 0.814. The number of nitrogens with two attached hydrogens (primary N) is 1. The predicted octanol–water partition coefficient (Wildman–Crippen LogP) is 0.420. The summed E-state index contributed by atoms with van der Waals surface area (Å²) >= 11 is 0. The van der Waals surface area contributed by atoms with Crippen LogP contribution in [0.3, 0.4) is 0 Å². The van der Waals surface area contributed by atoms with Crippen molar-refractivity contribution in [1.82, 2.24) is 14.6 Å². The minimum Gasteiger partial charge on any atom is -0.396 e. The van der Waals surface area contributed by atoms with Crippen LogP contribution in [0.2, 0.25) is 0 Å². The Labute approximate surface area is 87.6 Å². The lowest BCUT2D eigenvalue weighted by Gasteiger charge is -2.06. The molecule has 80 valence electrons. The summed E-state index contributed by atoms with van der Waals surface area (Å²) in [7, 11) is 0. The Bertz CT molecular complexity index is 465. The maximum Gasteiger partial charge on any atom is 0.127 e. The number of aliphatic hydroxyl groups excluding tert-OH is 1. The van der Waals surface area contributed by atoms with Gasteiger partial charge in [-0.15, -0.1) is 0 Å². The summed E-state index contributed by atoms with van der Waals surface area (Å²) in [4.78, 5) is 4.37. The van der Waals surface area contributed by atoms with Crippen LogP contribution in [0.4, 0.5) is 0 Å². The molecule has 0 amide bonds. The summed E-state index contributed by atoms with van der Waals surface area (Å²) in [6.45, 7) is 1.95. The zero-order chi connectivity index (χ0) is 10.8. The number of hydrogen-bond acceptors (Lipinski definition) is 4. The number of fused-ring (bicyclic) bond motifs is 1. The molecule has 3 N–H and O–H groups in total. The van der Waals surface area contributed by atoms with Crippen LogP contribution in [0.5, 0.6) is 0 Å². The van der Waals surface area contributed by atoms with Gasteiger partial charge < -0.3 is 10.8 Å². The second-order valence-corrected chi connectivity index (χ2v) is 3.48. The summed E-state index contributed by atoms with van der Waals surface area (Å²) in [6.07, 6.45) is 2.23. The summed E-state index contributed by atoms with van der Waals surface area (Å²) in [6, 6.07) is 3.55. The van der Waals surface area contributed by atoms with Crippen molar-refractivity contribution in [2.45, 2.75) is 19.4 Å². The van der Waals surface area contributed by atoms with Crippen LogP contribution in [-0.2, 0) is 0 Å². The molecule has 0 aliphatic carbocycles. The van der Waals surface area contributed by atoms with E-state index in [1.807, 2.05) is 19.1 Å². The third-order valence-electron chi connectivity index (χ3n) is 2.39. The molecular weight excluding hydrogens is 192 g/mol. The zero-order valence-electron chi connectivity index (χ0n) is 8.59. The fraction of sp³-hybridized carbons (Fsp3) is 0.400. The number of aromatic nitrogens is 3. The third kappa shape index (κ3) is 1.71. The van der Waals surface area contributed by atoms with E-state index in [0.717, 1.165) is 17.0 Å². The Morgan fingerprint density at radius 2 is 2.40 bits per heavy atom. The van der Waals surface area contributed by atoms with E-state index in [2.05, 4.69) is 10.1 Å². The van der Waals surface area contributed by atoms with E-state index in [4.69, 9.17) is 10.8 Å². The highest BCUT2D eigenvalue weighted by Gasteiger charge is 2.14. The SMILES string of the molecule is Cc1nc(C(N)CCO)c2cccnn12. The molecule has 0 radical (unpaired) electrons. The van der Waals surface area contributed by atoms with Crippen LogP contribution >= 0.6 is 0 Å². The molecule has 2 rings (SSSR count). The lowest BCUT2D eigenvalue weighted by molar-refractivity contribution is 0.276. The van der Waals surface area contributed by atoms with Crippen molar-refractivity contribution in [3.05, 3.63) is 29.8 Å². The molecule has 0 aromatic carbocycles. The van der Waals surface area contributed by atoms with Crippen LogP contribution in [0.1, 0.15) is 24.0 Å². The second-order valence-electron chi connectivity index (χ2n) is 3.48. The summed E-state index contributed by atoms with van der Waals surface area (Å²) in [5, 5.41) is 13.0. The van der Waals surface area contributed by atoms with Gasteiger partial charge in [-0.25, -0.2) is 9.50 Å². The Morgan fingerprint density at radius 1 is 1.60 bits per heavy atom. The Morgan fingerprint density at radius 3 is 3.13 bits per heavy atom. The van der Waals surface area contributed by atoms with Crippen LogP contribution < -0.4 is 5.73 Å². The first-order valence-corrected chi connectivity index (χ1v) is 4.90. The molecule has 0 spiro atoms. The highest BCUT2D eigenvalue weighted by atomic mass is 16.3. The van der Waals surface area contributed by atoms with Gasteiger partial charge in [-0.2, -0.15) is 5.10 Å². The molecule has 2 aromatic rings. The van der Waals surface area contributed by atoms with E-state index in [0.29, 0.717) is 6.42 Å². The van der Waals surface area contributed by atoms with Crippen molar-refractivity contribution in [3.63, 3.8) is 0 Å². The molecule has 1 atom stereocenters. The maximum atomic E-state index is 8.85. The Balaban J connectivity index is 2.52. The highest BCUT2D eigenvalue weighted by molar-refractivity contribution is 5.53. The van der Waals surface area contributed by atoms with Gasteiger partial charge in [0.15, 0.2) is 0 Å². The van der Waals surface area contributed by atoms with Gasteiger partial charge in [0, 0.05) is 12.8 Å². The van der Waals surface area contributed by atoms with Gasteiger partial charge in [0.05, 0.1) is 17.3 Å². The van der Waals surface area contributed by atoms with Gasteiger partial charge >= 0.3 is 0 Å². The number of nitrogens with zero attached hydrogens (tertiary/aromatic N) is 3. The molecule has 0 bridgehead atoms. The van der Waals surface area contributed by atoms with E-state index >= 15 is 0 Å². The standard InChI is InChI=1S/C10H14N4O/c1-7-13-10(8(11)4-6-15)9-3-2-5-12-14(7)9/h2-3,5,8,15H,4,6,11H2,1H3. The summed E-state index contributed by atoms with van der Waals surface area (Å²) < 4.78 is 1.76. The van der Waals surface area contributed by atoms with Crippen LogP contribution in [0.25, 0.3) is 5.52 Å². The number of aryl methyl sites for hydroxylation is 1. The fourth-order valence-corrected chi connectivity index (χ4v) is 1.65. The number of hydrogen-bond donors (Lipinski definition) is 2. The molecule has 0 fully saturated rings. The molecule has 5 heteroatoms. The molecule has 0 saturated carbocycles. The van der Waals surface area contributed by atoms with Crippen molar-refractivity contribution in [2.24, 2.45) is 5.73 Å². The van der Waals surface area contributed by atoms with Crippen molar-refractivity contribution in [3.8, 4) is 0 Å². The zero-order valence-corrected chi connectivity index (χ0v) is 8.59. The maximum absolute atomic E-state index is 8.85. The van der Waals surface area contributed by atoms with Crippen molar-refractivity contribution >= 4 is 5.52 Å². The topological polar surface area (TPSA) is 76.4 Å². The van der Waals surface area contributed by atoms with Gasteiger partial charge in [-0.05, 0) is 25.5 Å². The molecule has 0 saturated heterocycles. The third-order valence-corrected chi connectivity index (χ3v) is 2.39. The Kier molecular flexibility index (Phi) is 2.66. The average Bonchev–Trinajstić information content (AvgIpc) is 2.58. The highest BCUT2D eigenvalue weighted by Crippen LogP contribution is 2.18. The predicted molar refractivity (Wildman–Crippen MR) is 56.4 cm³/mol. The van der Waals surface area contributed by atoms with E-state index < -0.39 is 0 Å². The van der Waals surface area contributed by atoms with E-state index in [1.165, 1.54) is 0 Å². The fourth-order valence-electron chi connectivity index (χ4n) is 1.65. The Hall–Kier alpha value is -1.46. The normalized spacial score (nSPS) is 13.3. The minimum atomic E-state index is -0.233. The lowest BCUT2D eigenvalue weighted by atomic mass is 10.1. The van der Waals surface area contributed by atoms with Crippen molar-refractivity contribution in [2.75, 3.05) is 6.61 Å². The minimum absolute atomic E-state index is 0.0689. The van der Waals surface area contributed by atoms with Crippen LogP contribution in [0.15, 0.2) is 18.3 Å². The largest absolute Gasteiger partial charge is 0.396 e. The number of aliphatic hydroxyl groups is 1. The molecule has 1 unspecified atom stereocenters. The molecular formula is C10H14N4O. The molecule has 5 nitrogen and oxygen atoms in total. The molecule has 2 aromatic heterocycles. The summed E-state index contributed by atoms with van der Waals surface area (Å²) in [5.41, 5.74) is 7.63. The van der Waals surface area contributed by atoms with Gasteiger partial charge in [0.1, 0.15) is 5.82 Å². The van der Waals surface area contributed by atoms with Gasteiger partial charge in [0.2, 0.25) is 0 Å². The first kappa shape index (κ1) is 10.1. The quantitative estimate of drug-likeness (QED) is 0.763. The van der Waals surface area contributed by atoms with Gasteiger partial charge in [0.25, 0.3) is 0 Å². The monoisotopic (exact) mass is 206 g/mol. The van der Waals surface area contributed by atoms with Crippen molar-refractivity contribution < 1.29 is 5.11 Å². The lowest BCUT2D eigenvalue weighted by Crippen LogP contribution is -2.12. The van der Waals surface area contributed by atoms with Crippen LogP contribution in [-0.4, -0.2) is 26.3 Å². The number of imidazole rings is 1. The smallest absolute Gasteiger partial charge is 0.127 e. The number of rotatable bonds is 3. The average molecular weight is 206 g/mol. The van der Waals surface area contributed by atoms with Gasteiger partial charge in [-0.1, -0.05) is 0 Å². The molecule has 0 aliphatic heterocycles. The van der Waals surface area contributed by atoms with Gasteiger partial charge in [-0.3, -0.25) is 0 Å². The van der Waals surface area contributed by atoms with E-state index in [-0.39, 0.29) is 12.6 Å². The van der Waals surface area contributed by atoms with E-state index in [1.54, 1.807) is 10.7 Å². The molecule has 15 heavy (non-hydrogen) atoms. The first-order valence-electron chi connectivity index (χ1n) is 4.90. The first-order chi connectivity index (χ1) is 7.24.